The lowest BCUT2D eigenvalue weighted by molar-refractivity contribution is 0.660. The Morgan fingerprint density at radius 2 is 0.877 bits per heavy atom. The second-order valence-corrected chi connectivity index (χ2v) is 17.3. The molecular formula is C60H43N5. The summed E-state index contributed by atoms with van der Waals surface area (Å²) in [5.74, 6) is 1.97. The smallest absolute Gasteiger partial charge is 0.164 e. The van der Waals surface area contributed by atoms with Gasteiger partial charge in [0.25, 0.3) is 0 Å². The molecule has 0 radical (unpaired) electrons. The minimum absolute atomic E-state index is 0.285. The molecule has 0 aliphatic heterocycles. The summed E-state index contributed by atoms with van der Waals surface area (Å²) in [4.78, 5) is 15.0. The minimum atomic E-state index is -0.285. The van der Waals surface area contributed by atoms with Crippen molar-refractivity contribution in [3.63, 3.8) is 0 Å². The van der Waals surface area contributed by atoms with Crippen LogP contribution < -0.4 is 0 Å². The normalized spacial score (nSPS) is 12.6. The second-order valence-electron chi connectivity index (χ2n) is 17.3. The van der Waals surface area contributed by atoms with Crippen LogP contribution in [0.25, 0.3) is 101 Å². The van der Waals surface area contributed by atoms with E-state index in [9.17, 15) is 0 Å². The molecular weight excluding hydrogens is 791 g/mol. The predicted octanol–water partition coefficient (Wildman–Crippen LogP) is 15.0. The van der Waals surface area contributed by atoms with Gasteiger partial charge in [-0.2, -0.15) is 0 Å². The standard InChI is InChI=1S/C60H43N5/c1-60(2)52-38-45(59-62-57(40-18-9-5-10-19-40)61-58(63-59)41-20-11-6-12-21-41)27-31-48(52)49-32-30-47(39-53(49)60)64-35-17-4-3-8-22-44-36-42(28-33-54(44)64)43-29-34-56-51(37-43)50-25-15-16-26-55(50)65(56)46-23-13-7-14-24-46/h3-39H,1-2H3. The van der Waals surface area contributed by atoms with Crippen molar-refractivity contribution in [1.29, 1.82) is 0 Å². The third kappa shape index (κ3) is 6.59. The number of benzene rings is 8. The van der Waals surface area contributed by atoms with Crippen molar-refractivity contribution in [2.75, 3.05) is 0 Å². The largest absolute Gasteiger partial charge is 0.317 e. The van der Waals surface area contributed by atoms with Gasteiger partial charge in [-0.25, -0.2) is 15.0 Å². The molecule has 0 atom stereocenters. The predicted molar refractivity (Wildman–Crippen MR) is 268 cm³/mol. The first kappa shape index (κ1) is 38.3. The van der Waals surface area contributed by atoms with Crippen molar-refractivity contribution in [3.8, 4) is 67.8 Å². The maximum Gasteiger partial charge on any atom is 0.164 e. The molecule has 12 rings (SSSR count). The summed E-state index contributed by atoms with van der Waals surface area (Å²) < 4.78 is 4.69. The molecule has 3 aromatic heterocycles. The summed E-state index contributed by atoms with van der Waals surface area (Å²) >= 11 is 0. The number of aromatic nitrogens is 5. The van der Waals surface area contributed by atoms with Gasteiger partial charge in [0, 0.05) is 50.4 Å². The van der Waals surface area contributed by atoms with Crippen molar-refractivity contribution in [2.24, 2.45) is 0 Å². The molecule has 8 aromatic carbocycles. The fourth-order valence-corrected chi connectivity index (χ4v) is 9.78. The van der Waals surface area contributed by atoms with Crippen LogP contribution in [-0.4, -0.2) is 24.1 Å². The molecule has 3 heterocycles. The average Bonchev–Trinajstić information content (AvgIpc) is 3.85. The van der Waals surface area contributed by atoms with Crippen molar-refractivity contribution < 1.29 is 0 Å². The zero-order valence-electron chi connectivity index (χ0n) is 36.1. The number of hydrogen-bond acceptors (Lipinski definition) is 3. The maximum absolute atomic E-state index is 5.06. The van der Waals surface area contributed by atoms with Crippen molar-refractivity contribution >= 4 is 32.7 Å². The molecule has 1 aliphatic carbocycles. The van der Waals surface area contributed by atoms with Gasteiger partial charge >= 0.3 is 0 Å². The van der Waals surface area contributed by atoms with Crippen LogP contribution in [0.1, 0.15) is 25.0 Å². The van der Waals surface area contributed by atoms with Crippen LogP contribution in [0.2, 0.25) is 0 Å². The number of rotatable bonds is 6. The van der Waals surface area contributed by atoms with Crippen LogP contribution in [0, 0.1) is 0 Å². The zero-order chi connectivity index (χ0) is 43.5. The lowest BCUT2D eigenvalue weighted by atomic mass is 9.81. The molecule has 5 heteroatoms. The Labute approximate surface area is 378 Å². The lowest BCUT2D eigenvalue weighted by Crippen LogP contribution is -2.15. The van der Waals surface area contributed by atoms with E-state index in [4.69, 9.17) is 15.0 Å². The Kier molecular flexibility index (Phi) is 9.09. The maximum atomic E-state index is 5.06. The van der Waals surface area contributed by atoms with Gasteiger partial charge in [0.2, 0.25) is 0 Å². The van der Waals surface area contributed by atoms with Crippen LogP contribution in [0.3, 0.4) is 0 Å². The number of fused-ring (bicyclic) bond motifs is 7. The van der Waals surface area contributed by atoms with Crippen LogP contribution in [0.5, 0.6) is 0 Å². The molecule has 0 fully saturated rings. The SMILES string of the molecule is CC1(C)c2cc(-c3nc(-c4ccccc4)nc(-c4ccccc4)n3)ccc2-c2ccc(-n3ccccccc4cc(-c5ccc6c(c5)c5ccccc5n6-c5ccccc5)ccc43)cc21. The summed E-state index contributed by atoms with van der Waals surface area (Å²) in [6.07, 6.45) is 2.18. The van der Waals surface area contributed by atoms with E-state index in [2.05, 4.69) is 187 Å². The lowest BCUT2D eigenvalue weighted by Gasteiger charge is -2.23. The van der Waals surface area contributed by atoms with Crippen LogP contribution in [0.4, 0.5) is 0 Å². The molecule has 0 bridgehead atoms. The Balaban J connectivity index is 0.937. The quantitative estimate of drug-likeness (QED) is 0.168. The highest BCUT2D eigenvalue weighted by Crippen LogP contribution is 2.50. The number of para-hydroxylation sites is 2. The molecule has 0 N–H and O–H groups in total. The van der Waals surface area contributed by atoms with E-state index in [0.717, 1.165) is 39.0 Å². The minimum Gasteiger partial charge on any atom is -0.317 e. The van der Waals surface area contributed by atoms with Gasteiger partial charge in [-0.15, -0.1) is 0 Å². The van der Waals surface area contributed by atoms with Crippen LogP contribution in [0.15, 0.2) is 225 Å². The molecule has 5 nitrogen and oxygen atoms in total. The van der Waals surface area contributed by atoms with E-state index in [0.29, 0.717) is 17.5 Å². The van der Waals surface area contributed by atoms with Gasteiger partial charge < -0.3 is 9.13 Å². The van der Waals surface area contributed by atoms with Gasteiger partial charge in [0.1, 0.15) is 0 Å². The third-order valence-electron chi connectivity index (χ3n) is 13.0. The first-order chi connectivity index (χ1) is 32.0. The van der Waals surface area contributed by atoms with Crippen molar-refractivity contribution in [2.45, 2.75) is 19.3 Å². The Bertz CT molecular complexity index is 3620. The number of nitrogens with zero attached hydrogens (tertiary/aromatic N) is 5. The zero-order valence-corrected chi connectivity index (χ0v) is 36.1. The van der Waals surface area contributed by atoms with E-state index in [1.807, 2.05) is 60.7 Å². The second kappa shape index (κ2) is 15.4. The average molecular weight is 834 g/mol. The summed E-state index contributed by atoms with van der Waals surface area (Å²) in [5.41, 5.74) is 15.8. The molecule has 1 aliphatic rings. The Morgan fingerprint density at radius 3 is 1.60 bits per heavy atom. The molecule has 11 aromatic rings. The molecule has 0 saturated heterocycles. The number of hydrogen-bond donors (Lipinski definition) is 0. The molecule has 0 saturated carbocycles. The fraction of sp³-hybridized carbons (Fsp3) is 0.0500. The monoisotopic (exact) mass is 833 g/mol. The van der Waals surface area contributed by atoms with Gasteiger partial charge in [0.05, 0.1) is 16.6 Å². The van der Waals surface area contributed by atoms with Gasteiger partial charge in [-0.05, 0) is 105 Å². The topological polar surface area (TPSA) is 48.5 Å². The van der Waals surface area contributed by atoms with E-state index < -0.39 is 0 Å². The van der Waals surface area contributed by atoms with Gasteiger partial charge in [0.15, 0.2) is 17.5 Å². The highest BCUT2D eigenvalue weighted by molar-refractivity contribution is 6.10. The third-order valence-corrected chi connectivity index (χ3v) is 13.0. The van der Waals surface area contributed by atoms with Gasteiger partial charge in [-0.3, -0.25) is 0 Å². The summed E-state index contributed by atoms with van der Waals surface area (Å²) in [7, 11) is 0. The van der Waals surface area contributed by atoms with Gasteiger partial charge in [-0.1, -0.05) is 166 Å². The summed E-state index contributed by atoms with van der Waals surface area (Å²) in [6, 6.07) is 77.7. The highest BCUT2D eigenvalue weighted by atomic mass is 15.0. The highest BCUT2D eigenvalue weighted by Gasteiger charge is 2.36. The fourth-order valence-electron chi connectivity index (χ4n) is 9.78. The van der Waals surface area contributed by atoms with Crippen LogP contribution >= 0.6 is 0 Å². The molecule has 308 valence electrons. The molecule has 0 amide bonds. The van der Waals surface area contributed by atoms with E-state index in [1.54, 1.807) is 0 Å². The van der Waals surface area contributed by atoms with E-state index >= 15 is 0 Å². The first-order valence-electron chi connectivity index (χ1n) is 22.2. The van der Waals surface area contributed by atoms with E-state index in [-0.39, 0.29) is 5.41 Å². The van der Waals surface area contributed by atoms with Crippen molar-refractivity contribution in [3.05, 3.63) is 236 Å². The van der Waals surface area contributed by atoms with E-state index in [1.165, 1.54) is 55.2 Å². The van der Waals surface area contributed by atoms with Crippen molar-refractivity contribution in [1.82, 2.24) is 24.1 Å². The Morgan fingerprint density at radius 1 is 0.354 bits per heavy atom. The summed E-state index contributed by atoms with van der Waals surface area (Å²) in [6.45, 7) is 4.66. The molecule has 65 heavy (non-hydrogen) atoms. The summed E-state index contributed by atoms with van der Waals surface area (Å²) in [5, 5.41) is 3.63. The molecule has 0 unspecified atom stereocenters. The Hall–Kier alpha value is -8.41. The van der Waals surface area contributed by atoms with Crippen LogP contribution in [-0.2, 0) is 5.41 Å². The molecule has 0 spiro atoms. The first-order valence-corrected chi connectivity index (χ1v) is 22.2.